The Morgan fingerprint density at radius 2 is 2.14 bits per heavy atom. The molecule has 0 spiro atoms. The lowest BCUT2D eigenvalue weighted by Crippen LogP contribution is -2.47. The lowest BCUT2D eigenvalue weighted by Gasteiger charge is -2.25. The Morgan fingerprint density at radius 3 is 2.76 bits per heavy atom. The zero-order valence-corrected chi connectivity index (χ0v) is 12.9. The van der Waals surface area contributed by atoms with Gasteiger partial charge in [0.05, 0.1) is 26.3 Å². The number of amides is 1. The van der Waals surface area contributed by atoms with Crippen LogP contribution in [0.5, 0.6) is 11.5 Å². The highest BCUT2D eigenvalue weighted by molar-refractivity contribution is 5.82. The number of hydrogen-bond donors (Lipinski definition) is 2. The molecule has 116 valence electrons. The van der Waals surface area contributed by atoms with E-state index < -0.39 is 0 Å². The largest absolute Gasteiger partial charge is 0.497 e. The maximum Gasteiger partial charge on any atom is 0.237 e. The first-order valence-electron chi connectivity index (χ1n) is 7.41. The summed E-state index contributed by atoms with van der Waals surface area (Å²) in [6.45, 7) is 2.87. The molecule has 1 unspecified atom stereocenters. The molecule has 1 saturated heterocycles. The molecule has 1 aliphatic rings. The van der Waals surface area contributed by atoms with E-state index in [1.165, 1.54) is 0 Å². The van der Waals surface area contributed by atoms with Gasteiger partial charge in [-0.2, -0.15) is 0 Å². The van der Waals surface area contributed by atoms with Gasteiger partial charge in [0.2, 0.25) is 5.91 Å². The Labute approximate surface area is 126 Å². The van der Waals surface area contributed by atoms with E-state index in [4.69, 9.17) is 9.47 Å². The lowest BCUT2D eigenvalue weighted by molar-refractivity contribution is -0.124. The van der Waals surface area contributed by atoms with Crippen LogP contribution in [0, 0.1) is 0 Å². The Kier molecular flexibility index (Phi) is 5.44. The molecule has 2 rings (SSSR count). The van der Waals surface area contributed by atoms with E-state index >= 15 is 0 Å². The summed E-state index contributed by atoms with van der Waals surface area (Å²) in [6, 6.07) is 5.39. The molecule has 1 amide bonds. The fourth-order valence-corrected chi connectivity index (χ4v) is 2.65. The summed E-state index contributed by atoms with van der Waals surface area (Å²) in [7, 11) is 3.25. The summed E-state index contributed by atoms with van der Waals surface area (Å²) in [5, 5.41) is 6.31. The number of carbonyl (C=O) groups excluding carboxylic acids is 1. The fourth-order valence-electron chi connectivity index (χ4n) is 2.65. The highest BCUT2D eigenvalue weighted by Crippen LogP contribution is 2.29. The van der Waals surface area contributed by atoms with E-state index in [0.29, 0.717) is 0 Å². The molecule has 2 N–H and O–H groups in total. The molecule has 5 heteroatoms. The predicted octanol–water partition coefficient (Wildman–Crippen LogP) is 2.02. The summed E-state index contributed by atoms with van der Waals surface area (Å²) in [5.74, 6) is 1.55. The van der Waals surface area contributed by atoms with E-state index in [9.17, 15) is 4.79 Å². The Balaban J connectivity index is 2.08. The van der Waals surface area contributed by atoms with Gasteiger partial charge >= 0.3 is 0 Å². The van der Waals surface area contributed by atoms with Gasteiger partial charge in [-0.3, -0.25) is 4.79 Å². The molecule has 1 aromatic carbocycles. The molecule has 0 bridgehead atoms. The Morgan fingerprint density at radius 1 is 1.33 bits per heavy atom. The van der Waals surface area contributed by atoms with Gasteiger partial charge in [-0.25, -0.2) is 0 Å². The molecule has 1 aliphatic heterocycles. The highest BCUT2D eigenvalue weighted by Gasteiger charge is 2.23. The van der Waals surface area contributed by atoms with Crippen LogP contribution >= 0.6 is 0 Å². The third-order valence-corrected chi connectivity index (χ3v) is 3.89. The van der Waals surface area contributed by atoms with Crippen LogP contribution < -0.4 is 20.1 Å². The van der Waals surface area contributed by atoms with Crippen molar-refractivity contribution in [1.82, 2.24) is 10.6 Å². The number of carbonyl (C=O) groups is 1. The summed E-state index contributed by atoms with van der Waals surface area (Å²) in [4.78, 5) is 12.3. The van der Waals surface area contributed by atoms with E-state index in [2.05, 4.69) is 10.6 Å². The van der Waals surface area contributed by atoms with Crippen molar-refractivity contribution in [2.45, 2.75) is 38.3 Å². The molecule has 2 atom stereocenters. The third kappa shape index (κ3) is 3.88. The monoisotopic (exact) mass is 292 g/mol. The van der Waals surface area contributed by atoms with Crippen molar-refractivity contribution in [2.75, 3.05) is 20.8 Å². The van der Waals surface area contributed by atoms with Crippen LogP contribution in [0.4, 0.5) is 0 Å². The SMILES string of the molecule is COc1ccc(OC)c(C(C)NC(=O)[C@H]2CCCCN2)c1. The quantitative estimate of drug-likeness (QED) is 0.872. The zero-order valence-electron chi connectivity index (χ0n) is 12.9. The molecule has 0 aliphatic carbocycles. The van der Waals surface area contributed by atoms with Crippen molar-refractivity contribution < 1.29 is 14.3 Å². The van der Waals surface area contributed by atoms with Gasteiger partial charge in [-0.15, -0.1) is 0 Å². The molecule has 0 radical (unpaired) electrons. The van der Waals surface area contributed by atoms with Crippen molar-refractivity contribution in [1.29, 1.82) is 0 Å². The average molecular weight is 292 g/mol. The van der Waals surface area contributed by atoms with Crippen molar-refractivity contribution in [3.8, 4) is 11.5 Å². The van der Waals surface area contributed by atoms with Gasteiger partial charge in [0, 0.05) is 5.56 Å². The van der Waals surface area contributed by atoms with Crippen molar-refractivity contribution >= 4 is 5.91 Å². The highest BCUT2D eigenvalue weighted by atomic mass is 16.5. The van der Waals surface area contributed by atoms with Gasteiger partial charge in [-0.1, -0.05) is 6.42 Å². The van der Waals surface area contributed by atoms with Crippen LogP contribution in [0.1, 0.15) is 37.8 Å². The number of nitrogens with one attached hydrogen (secondary N) is 2. The molecule has 1 aromatic rings. The minimum atomic E-state index is -0.133. The van der Waals surface area contributed by atoms with Gasteiger partial charge in [0.25, 0.3) is 0 Å². The second-order valence-electron chi connectivity index (χ2n) is 5.34. The standard InChI is InChI=1S/C16H24N2O3/c1-11(18-16(19)14-6-4-5-9-17-14)13-10-12(20-2)7-8-15(13)21-3/h7-8,10-11,14,17H,4-6,9H2,1-3H3,(H,18,19)/t11?,14-/m1/s1. The van der Waals surface area contributed by atoms with Gasteiger partial charge < -0.3 is 20.1 Å². The number of benzene rings is 1. The van der Waals surface area contributed by atoms with E-state index in [1.807, 2.05) is 25.1 Å². The van der Waals surface area contributed by atoms with E-state index in [0.717, 1.165) is 42.9 Å². The number of rotatable bonds is 5. The molecule has 21 heavy (non-hydrogen) atoms. The van der Waals surface area contributed by atoms with Crippen LogP contribution in [0.15, 0.2) is 18.2 Å². The molecule has 1 fully saturated rings. The van der Waals surface area contributed by atoms with Crippen LogP contribution in [-0.4, -0.2) is 32.7 Å². The fraction of sp³-hybridized carbons (Fsp3) is 0.562. The van der Waals surface area contributed by atoms with E-state index in [-0.39, 0.29) is 18.0 Å². The van der Waals surface area contributed by atoms with Crippen LogP contribution in [0.25, 0.3) is 0 Å². The zero-order chi connectivity index (χ0) is 15.2. The second kappa shape index (κ2) is 7.31. The molecule has 0 aromatic heterocycles. The van der Waals surface area contributed by atoms with Gasteiger partial charge in [0.15, 0.2) is 0 Å². The molecule has 0 saturated carbocycles. The van der Waals surface area contributed by atoms with Crippen molar-refractivity contribution in [2.24, 2.45) is 0 Å². The van der Waals surface area contributed by atoms with Crippen molar-refractivity contribution in [3.63, 3.8) is 0 Å². The summed E-state index contributed by atoms with van der Waals surface area (Å²) < 4.78 is 10.6. The van der Waals surface area contributed by atoms with Crippen molar-refractivity contribution in [3.05, 3.63) is 23.8 Å². The van der Waals surface area contributed by atoms with Crippen LogP contribution in [0.3, 0.4) is 0 Å². The second-order valence-corrected chi connectivity index (χ2v) is 5.34. The molecular weight excluding hydrogens is 268 g/mol. The first-order valence-corrected chi connectivity index (χ1v) is 7.41. The minimum Gasteiger partial charge on any atom is -0.497 e. The topological polar surface area (TPSA) is 59.6 Å². The first-order chi connectivity index (χ1) is 10.2. The third-order valence-electron chi connectivity index (χ3n) is 3.89. The van der Waals surface area contributed by atoms with Gasteiger partial charge in [-0.05, 0) is 44.5 Å². The summed E-state index contributed by atoms with van der Waals surface area (Å²) in [6.07, 6.45) is 3.14. The minimum absolute atomic E-state index is 0.0482. The first kappa shape index (κ1) is 15.6. The summed E-state index contributed by atoms with van der Waals surface area (Å²) >= 11 is 0. The van der Waals surface area contributed by atoms with E-state index in [1.54, 1.807) is 14.2 Å². The maximum absolute atomic E-state index is 12.3. The molecular formula is C16H24N2O3. The summed E-state index contributed by atoms with van der Waals surface area (Å²) in [5.41, 5.74) is 0.918. The normalized spacial score (nSPS) is 19.7. The maximum atomic E-state index is 12.3. The predicted molar refractivity (Wildman–Crippen MR) is 81.7 cm³/mol. The number of piperidine rings is 1. The number of hydrogen-bond acceptors (Lipinski definition) is 4. The smallest absolute Gasteiger partial charge is 0.237 e. The number of methoxy groups -OCH3 is 2. The average Bonchev–Trinajstić information content (AvgIpc) is 2.54. The Bertz CT molecular complexity index is 484. The Hall–Kier alpha value is -1.75. The van der Waals surface area contributed by atoms with Crippen LogP contribution in [-0.2, 0) is 4.79 Å². The molecule has 1 heterocycles. The van der Waals surface area contributed by atoms with Crippen LogP contribution in [0.2, 0.25) is 0 Å². The number of ether oxygens (including phenoxy) is 2. The molecule has 5 nitrogen and oxygen atoms in total. The lowest BCUT2D eigenvalue weighted by atomic mass is 10.0. The van der Waals surface area contributed by atoms with Gasteiger partial charge in [0.1, 0.15) is 11.5 Å².